The van der Waals surface area contributed by atoms with Gasteiger partial charge in [-0.3, -0.25) is 4.79 Å². The van der Waals surface area contributed by atoms with Gasteiger partial charge in [0.05, 0.1) is 11.3 Å². The third-order valence-corrected chi connectivity index (χ3v) is 4.99. The summed E-state index contributed by atoms with van der Waals surface area (Å²) in [7, 11) is 0. The van der Waals surface area contributed by atoms with E-state index in [0.717, 1.165) is 11.3 Å². The summed E-state index contributed by atoms with van der Waals surface area (Å²) in [6, 6.07) is 14.3. The van der Waals surface area contributed by atoms with E-state index in [1.54, 1.807) is 30.0 Å². The largest absolute Gasteiger partial charge is 0.348 e. The zero-order chi connectivity index (χ0) is 14.8. The summed E-state index contributed by atoms with van der Waals surface area (Å²) in [6.45, 7) is 1.81. The van der Waals surface area contributed by atoms with Crippen LogP contribution < -0.4 is 5.32 Å². The van der Waals surface area contributed by atoms with Crippen LogP contribution in [-0.4, -0.2) is 11.2 Å². The van der Waals surface area contributed by atoms with Gasteiger partial charge in [0.15, 0.2) is 0 Å². The molecule has 0 spiro atoms. The lowest BCUT2D eigenvalue weighted by atomic mass is 10.1. The molecule has 1 aliphatic heterocycles. The second kappa shape index (κ2) is 5.90. The topological polar surface area (TPSA) is 29.1 Å². The Morgan fingerprint density at radius 1 is 1.24 bits per heavy atom. The van der Waals surface area contributed by atoms with Gasteiger partial charge in [-0.15, -0.1) is 11.8 Å². The van der Waals surface area contributed by atoms with Gasteiger partial charge in [-0.25, -0.2) is 4.39 Å². The lowest BCUT2D eigenvalue weighted by Crippen LogP contribution is -2.34. The summed E-state index contributed by atoms with van der Waals surface area (Å²) in [5, 5.41) is 2.79. The van der Waals surface area contributed by atoms with Crippen molar-refractivity contribution in [1.29, 1.82) is 0 Å². The number of nitrogens with one attached hydrogen (secondary N) is 1. The van der Waals surface area contributed by atoms with Crippen LogP contribution in [0.25, 0.3) is 0 Å². The Hall–Kier alpha value is -1.81. The highest BCUT2D eigenvalue weighted by Gasteiger charge is 2.29. The van der Waals surface area contributed by atoms with Gasteiger partial charge >= 0.3 is 0 Å². The van der Waals surface area contributed by atoms with Crippen molar-refractivity contribution in [3.63, 3.8) is 0 Å². The van der Waals surface area contributed by atoms with Gasteiger partial charge in [-0.2, -0.15) is 0 Å². The van der Waals surface area contributed by atoms with E-state index in [0.29, 0.717) is 5.56 Å². The van der Waals surface area contributed by atoms with E-state index in [1.165, 1.54) is 11.6 Å². The molecule has 108 valence electrons. The van der Waals surface area contributed by atoms with E-state index < -0.39 is 0 Å². The van der Waals surface area contributed by atoms with Crippen LogP contribution in [0.5, 0.6) is 0 Å². The van der Waals surface area contributed by atoms with E-state index in [9.17, 15) is 9.18 Å². The number of hydrogen-bond acceptors (Lipinski definition) is 2. The van der Waals surface area contributed by atoms with Crippen LogP contribution in [0.1, 0.15) is 24.1 Å². The molecule has 2 aromatic carbocycles. The summed E-state index contributed by atoms with van der Waals surface area (Å²) in [4.78, 5) is 13.5. The number of benzene rings is 2. The molecular formula is C17H16FNOS. The van der Waals surface area contributed by atoms with Gasteiger partial charge in [-0.1, -0.05) is 36.4 Å². The molecule has 0 aliphatic carbocycles. The molecule has 4 heteroatoms. The number of carbonyl (C=O) groups is 1. The first kappa shape index (κ1) is 14.1. The summed E-state index contributed by atoms with van der Waals surface area (Å²) in [5.41, 5.74) is 1.73. The van der Waals surface area contributed by atoms with E-state index in [-0.39, 0.29) is 23.0 Å². The molecule has 0 radical (unpaired) electrons. The van der Waals surface area contributed by atoms with Crippen molar-refractivity contribution in [3.8, 4) is 0 Å². The van der Waals surface area contributed by atoms with Crippen LogP contribution in [-0.2, 0) is 11.2 Å². The van der Waals surface area contributed by atoms with Crippen molar-refractivity contribution in [2.24, 2.45) is 0 Å². The molecule has 1 amide bonds. The second-order valence-corrected chi connectivity index (χ2v) is 6.41. The third-order valence-electron chi connectivity index (χ3n) is 3.67. The first-order valence-corrected chi connectivity index (χ1v) is 7.82. The Morgan fingerprint density at radius 2 is 1.95 bits per heavy atom. The number of hydrogen-bond donors (Lipinski definition) is 1. The first-order valence-electron chi connectivity index (χ1n) is 6.94. The molecule has 0 bridgehead atoms. The highest BCUT2D eigenvalue weighted by atomic mass is 32.2. The van der Waals surface area contributed by atoms with E-state index >= 15 is 0 Å². The van der Waals surface area contributed by atoms with Crippen LogP contribution in [0.2, 0.25) is 0 Å². The van der Waals surface area contributed by atoms with Crippen LogP contribution in [0.3, 0.4) is 0 Å². The summed E-state index contributed by atoms with van der Waals surface area (Å²) < 4.78 is 13.7. The highest BCUT2D eigenvalue weighted by Crippen LogP contribution is 2.37. The lowest BCUT2D eigenvalue weighted by Gasteiger charge is -2.17. The monoisotopic (exact) mass is 301 g/mol. The smallest absolute Gasteiger partial charge is 0.234 e. The predicted octanol–water partition coefficient (Wildman–Crippen LogP) is 3.72. The predicted molar refractivity (Wildman–Crippen MR) is 82.7 cm³/mol. The van der Waals surface area contributed by atoms with E-state index in [2.05, 4.69) is 11.4 Å². The molecule has 2 atom stereocenters. The lowest BCUT2D eigenvalue weighted by molar-refractivity contribution is -0.121. The standard InChI is InChI=1S/C17H16FNOS/c1-11(13-7-3-4-8-14(13)18)19-17(20)16-10-12-6-2-5-9-15(12)21-16/h2-9,11,16H,10H2,1H3,(H,19,20). The fourth-order valence-electron chi connectivity index (χ4n) is 2.54. The number of carbonyl (C=O) groups excluding carboxylic acids is 1. The maximum Gasteiger partial charge on any atom is 0.234 e. The molecule has 2 aromatic rings. The Balaban J connectivity index is 1.67. The quantitative estimate of drug-likeness (QED) is 0.936. The maximum atomic E-state index is 13.7. The first-order chi connectivity index (χ1) is 10.1. The molecule has 1 aliphatic rings. The Labute approximate surface area is 127 Å². The summed E-state index contributed by atoms with van der Waals surface area (Å²) in [6.07, 6.45) is 0.733. The van der Waals surface area contributed by atoms with E-state index in [4.69, 9.17) is 0 Å². The third kappa shape index (κ3) is 2.95. The minimum absolute atomic E-state index is 0.0352. The fraction of sp³-hybridized carbons (Fsp3) is 0.235. The molecular weight excluding hydrogens is 285 g/mol. The van der Waals surface area contributed by atoms with Crippen molar-refractivity contribution >= 4 is 17.7 Å². The normalized spacial score (nSPS) is 18.1. The molecule has 2 unspecified atom stereocenters. The van der Waals surface area contributed by atoms with Crippen LogP contribution >= 0.6 is 11.8 Å². The number of amides is 1. The minimum Gasteiger partial charge on any atom is -0.348 e. The van der Waals surface area contributed by atoms with Crippen molar-refractivity contribution in [3.05, 3.63) is 65.5 Å². The molecule has 0 saturated heterocycles. The number of rotatable bonds is 3. The minimum atomic E-state index is -0.331. The van der Waals surface area contributed by atoms with Crippen LogP contribution in [0.4, 0.5) is 4.39 Å². The average Bonchev–Trinajstić information content (AvgIpc) is 2.91. The molecule has 1 N–H and O–H groups in total. The van der Waals surface area contributed by atoms with E-state index in [1.807, 2.05) is 25.1 Å². The molecule has 0 aromatic heterocycles. The van der Waals surface area contributed by atoms with Crippen molar-refractivity contribution in [2.45, 2.75) is 29.5 Å². The molecule has 1 heterocycles. The molecule has 0 saturated carbocycles. The number of thioether (sulfide) groups is 1. The summed E-state index contributed by atoms with van der Waals surface area (Å²) >= 11 is 1.58. The van der Waals surface area contributed by atoms with Crippen molar-refractivity contribution in [2.75, 3.05) is 0 Å². The van der Waals surface area contributed by atoms with Gasteiger partial charge in [0.1, 0.15) is 5.82 Å². The molecule has 21 heavy (non-hydrogen) atoms. The number of halogens is 1. The van der Waals surface area contributed by atoms with Crippen molar-refractivity contribution < 1.29 is 9.18 Å². The zero-order valence-electron chi connectivity index (χ0n) is 11.7. The van der Waals surface area contributed by atoms with Gasteiger partial charge in [-0.05, 0) is 31.0 Å². The Kier molecular flexibility index (Phi) is 3.97. The average molecular weight is 301 g/mol. The molecule has 3 rings (SSSR count). The van der Waals surface area contributed by atoms with Gasteiger partial charge in [0.25, 0.3) is 0 Å². The van der Waals surface area contributed by atoms with Gasteiger partial charge in [0, 0.05) is 10.5 Å². The second-order valence-electron chi connectivity index (χ2n) is 5.17. The SMILES string of the molecule is CC(NC(=O)C1Cc2ccccc2S1)c1ccccc1F. The van der Waals surface area contributed by atoms with Crippen molar-refractivity contribution in [1.82, 2.24) is 5.32 Å². The Bertz CT molecular complexity index is 648. The van der Waals surface area contributed by atoms with Crippen LogP contribution in [0.15, 0.2) is 53.4 Å². The van der Waals surface area contributed by atoms with Gasteiger partial charge < -0.3 is 5.32 Å². The van der Waals surface area contributed by atoms with Crippen LogP contribution in [0, 0.1) is 5.82 Å². The zero-order valence-corrected chi connectivity index (χ0v) is 12.5. The summed E-state index contributed by atoms with van der Waals surface area (Å²) in [5.74, 6) is -0.320. The van der Waals surface area contributed by atoms with Gasteiger partial charge in [0.2, 0.25) is 5.91 Å². The Morgan fingerprint density at radius 3 is 2.71 bits per heavy atom. The highest BCUT2D eigenvalue weighted by molar-refractivity contribution is 8.01. The molecule has 0 fully saturated rings. The maximum absolute atomic E-state index is 13.7. The molecule has 2 nitrogen and oxygen atoms in total. The fourth-order valence-corrected chi connectivity index (χ4v) is 3.74. The number of fused-ring (bicyclic) bond motifs is 1.